The van der Waals surface area contributed by atoms with E-state index < -0.39 is 0 Å². The summed E-state index contributed by atoms with van der Waals surface area (Å²) < 4.78 is 5.15. The number of ether oxygens (including phenoxy) is 1. The molecule has 128 valence electrons. The highest BCUT2D eigenvalue weighted by molar-refractivity contribution is 5.89. The summed E-state index contributed by atoms with van der Waals surface area (Å²) >= 11 is 0. The Hall–Kier alpha value is -1.75. The fourth-order valence-electron chi connectivity index (χ4n) is 3.18. The standard InChI is InChI=1S/C18H29N3O2/c1-3-16-9-4-5-12-21(16)13-7-11-19-18(22)20-15-8-6-10-17(14-15)23-2/h6,8,10,14,16H,3-5,7,9,11-13H2,1-2H3,(H2,19,20,22). The molecule has 2 N–H and O–H groups in total. The van der Waals surface area contributed by atoms with Crippen LogP contribution < -0.4 is 15.4 Å². The number of rotatable bonds is 7. The second-order valence-electron chi connectivity index (χ2n) is 6.06. The summed E-state index contributed by atoms with van der Waals surface area (Å²) in [6.45, 7) is 5.23. The number of nitrogens with zero attached hydrogens (tertiary/aromatic N) is 1. The largest absolute Gasteiger partial charge is 0.497 e. The topological polar surface area (TPSA) is 53.6 Å². The molecule has 1 aliphatic rings. The smallest absolute Gasteiger partial charge is 0.319 e. The number of nitrogens with one attached hydrogen (secondary N) is 2. The van der Waals surface area contributed by atoms with Gasteiger partial charge < -0.3 is 20.3 Å². The summed E-state index contributed by atoms with van der Waals surface area (Å²) in [5, 5.41) is 5.75. The highest BCUT2D eigenvalue weighted by Gasteiger charge is 2.19. The molecule has 1 unspecified atom stereocenters. The monoisotopic (exact) mass is 319 g/mol. The van der Waals surface area contributed by atoms with Gasteiger partial charge in [0.05, 0.1) is 7.11 Å². The highest BCUT2D eigenvalue weighted by atomic mass is 16.5. The lowest BCUT2D eigenvalue weighted by Crippen LogP contribution is -2.41. The molecule has 23 heavy (non-hydrogen) atoms. The van der Waals surface area contributed by atoms with Crippen LogP contribution in [0.4, 0.5) is 10.5 Å². The van der Waals surface area contributed by atoms with Crippen LogP contribution in [0.25, 0.3) is 0 Å². The van der Waals surface area contributed by atoms with Crippen LogP contribution in [0.15, 0.2) is 24.3 Å². The maximum atomic E-state index is 11.9. The van der Waals surface area contributed by atoms with E-state index in [0.717, 1.165) is 30.4 Å². The van der Waals surface area contributed by atoms with Gasteiger partial charge in [0, 0.05) is 30.9 Å². The third-order valence-electron chi connectivity index (χ3n) is 4.46. The zero-order valence-corrected chi connectivity index (χ0v) is 14.3. The molecule has 0 saturated carbocycles. The van der Waals surface area contributed by atoms with Crippen LogP contribution in [-0.4, -0.2) is 43.7 Å². The second-order valence-corrected chi connectivity index (χ2v) is 6.06. The summed E-state index contributed by atoms with van der Waals surface area (Å²) in [5.41, 5.74) is 0.740. The van der Waals surface area contributed by atoms with Crippen LogP contribution in [0.2, 0.25) is 0 Å². The first-order valence-corrected chi connectivity index (χ1v) is 8.66. The Labute approximate surface area is 139 Å². The first kappa shape index (κ1) is 17.6. The van der Waals surface area contributed by atoms with E-state index in [4.69, 9.17) is 4.74 Å². The van der Waals surface area contributed by atoms with Gasteiger partial charge in [0.25, 0.3) is 0 Å². The van der Waals surface area contributed by atoms with Crippen molar-refractivity contribution in [2.45, 2.75) is 45.1 Å². The Kier molecular flexibility index (Phi) is 7.20. The maximum Gasteiger partial charge on any atom is 0.319 e. The first-order valence-electron chi connectivity index (χ1n) is 8.66. The molecule has 1 saturated heterocycles. The molecule has 5 heteroatoms. The molecule has 1 heterocycles. The molecule has 1 aliphatic heterocycles. The Bertz CT molecular complexity index is 493. The number of anilines is 1. The molecule has 2 amide bonds. The number of methoxy groups -OCH3 is 1. The van der Waals surface area contributed by atoms with E-state index in [2.05, 4.69) is 22.5 Å². The molecule has 2 rings (SSSR count). The molecule has 0 radical (unpaired) electrons. The normalized spacial score (nSPS) is 18.4. The molecule has 0 spiro atoms. The number of likely N-dealkylation sites (tertiary alicyclic amines) is 1. The minimum atomic E-state index is -0.163. The summed E-state index contributed by atoms with van der Waals surface area (Å²) in [6, 6.07) is 7.93. The van der Waals surface area contributed by atoms with Gasteiger partial charge in [-0.25, -0.2) is 4.79 Å². The molecular weight excluding hydrogens is 290 g/mol. The van der Waals surface area contributed by atoms with E-state index >= 15 is 0 Å². The second kappa shape index (κ2) is 9.40. The lowest BCUT2D eigenvalue weighted by Gasteiger charge is -2.35. The fraction of sp³-hybridized carbons (Fsp3) is 0.611. The Balaban J connectivity index is 1.66. The predicted molar refractivity (Wildman–Crippen MR) is 94.1 cm³/mol. The van der Waals surface area contributed by atoms with Crippen molar-refractivity contribution in [2.75, 3.05) is 32.1 Å². The van der Waals surface area contributed by atoms with Crippen molar-refractivity contribution >= 4 is 11.7 Å². The molecule has 1 fully saturated rings. The van der Waals surface area contributed by atoms with Crippen molar-refractivity contribution < 1.29 is 9.53 Å². The van der Waals surface area contributed by atoms with Gasteiger partial charge in [-0.2, -0.15) is 0 Å². The van der Waals surface area contributed by atoms with E-state index in [1.165, 1.54) is 32.2 Å². The van der Waals surface area contributed by atoms with Gasteiger partial charge in [-0.1, -0.05) is 19.4 Å². The van der Waals surface area contributed by atoms with E-state index in [1.807, 2.05) is 18.2 Å². The molecule has 0 aromatic heterocycles. The molecule has 1 aromatic rings. The number of amides is 2. The quantitative estimate of drug-likeness (QED) is 0.757. The van der Waals surface area contributed by atoms with Crippen LogP contribution in [-0.2, 0) is 0 Å². The third-order valence-corrected chi connectivity index (χ3v) is 4.46. The molecule has 5 nitrogen and oxygen atoms in total. The van der Waals surface area contributed by atoms with Gasteiger partial charge in [-0.15, -0.1) is 0 Å². The van der Waals surface area contributed by atoms with Crippen LogP contribution >= 0.6 is 0 Å². The number of carbonyl (C=O) groups is 1. The van der Waals surface area contributed by atoms with Crippen molar-refractivity contribution in [1.29, 1.82) is 0 Å². The Morgan fingerprint density at radius 1 is 1.39 bits per heavy atom. The van der Waals surface area contributed by atoms with Gasteiger partial charge >= 0.3 is 6.03 Å². The Morgan fingerprint density at radius 3 is 3.04 bits per heavy atom. The van der Waals surface area contributed by atoms with Gasteiger partial charge in [-0.05, 0) is 44.4 Å². The number of urea groups is 1. The lowest BCUT2D eigenvalue weighted by atomic mass is 10.00. The minimum absolute atomic E-state index is 0.163. The van der Waals surface area contributed by atoms with Crippen LogP contribution in [0.3, 0.4) is 0 Å². The van der Waals surface area contributed by atoms with Gasteiger partial charge in [0.2, 0.25) is 0 Å². The Morgan fingerprint density at radius 2 is 2.26 bits per heavy atom. The van der Waals surface area contributed by atoms with Crippen molar-refractivity contribution in [2.24, 2.45) is 0 Å². The van der Waals surface area contributed by atoms with Crippen molar-refractivity contribution in [3.05, 3.63) is 24.3 Å². The summed E-state index contributed by atoms with van der Waals surface area (Å²) in [6.07, 6.45) is 6.20. The average Bonchev–Trinajstić information content (AvgIpc) is 2.59. The molecule has 1 atom stereocenters. The van der Waals surface area contributed by atoms with Crippen LogP contribution in [0, 0.1) is 0 Å². The predicted octanol–water partition coefficient (Wildman–Crippen LogP) is 3.47. The lowest BCUT2D eigenvalue weighted by molar-refractivity contribution is 0.142. The summed E-state index contributed by atoms with van der Waals surface area (Å²) in [5.74, 6) is 0.735. The highest BCUT2D eigenvalue weighted by Crippen LogP contribution is 2.19. The summed E-state index contributed by atoms with van der Waals surface area (Å²) in [4.78, 5) is 14.5. The number of piperidine rings is 1. The molecular formula is C18H29N3O2. The van der Waals surface area contributed by atoms with Crippen molar-refractivity contribution in [3.8, 4) is 5.75 Å². The zero-order valence-electron chi connectivity index (χ0n) is 14.3. The fourth-order valence-corrected chi connectivity index (χ4v) is 3.18. The summed E-state index contributed by atoms with van der Waals surface area (Å²) in [7, 11) is 1.61. The first-order chi connectivity index (χ1) is 11.2. The number of carbonyl (C=O) groups excluding carboxylic acids is 1. The number of benzene rings is 1. The molecule has 1 aromatic carbocycles. The van der Waals surface area contributed by atoms with Crippen LogP contribution in [0.5, 0.6) is 5.75 Å². The van der Waals surface area contributed by atoms with Crippen LogP contribution in [0.1, 0.15) is 39.0 Å². The number of hydrogen-bond acceptors (Lipinski definition) is 3. The molecule has 0 aliphatic carbocycles. The van der Waals surface area contributed by atoms with E-state index in [9.17, 15) is 4.79 Å². The maximum absolute atomic E-state index is 11.9. The van der Waals surface area contributed by atoms with Gasteiger partial charge in [0.1, 0.15) is 5.75 Å². The molecule has 0 bridgehead atoms. The van der Waals surface area contributed by atoms with Gasteiger partial charge in [0.15, 0.2) is 0 Å². The SMILES string of the molecule is CCC1CCCCN1CCCNC(=O)Nc1cccc(OC)c1. The average molecular weight is 319 g/mol. The van der Waals surface area contributed by atoms with Crippen molar-refractivity contribution in [3.63, 3.8) is 0 Å². The van der Waals surface area contributed by atoms with E-state index in [0.29, 0.717) is 6.54 Å². The van der Waals surface area contributed by atoms with Crippen molar-refractivity contribution in [1.82, 2.24) is 10.2 Å². The van der Waals surface area contributed by atoms with Gasteiger partial charge in [-0.3, -0.25) is 0 Å². The number of hydrogen-bond donors (Lipinski definition) is 2. The zero-order chi connectivity index (χ0) is 16.5. The van der Waals surface area contributed by atoms with E-state index in [-0.39, 0.29) is 6.03 Å². The third kappa shape index (κ3) is 5.75. The minimum Gasteiger partial charge on any atom is -0.497 e. The van der Waals surface area contributed by atoms with E-state index in [1.54, 1.807) is 13.2 Å².